The second-order valence-electron chi connectivity index (χ2n) is 6.83. The zero-order chi connectivity index (χ0) is 18.8. The van der Waals surface area contributed by atoms with Crippen LogP contribution in [-0.4, -0.2) is 70.8 Å². The van der Waals surface area contributed by atoms with Crippen molar-refractivity contribution < 1.29 is 24.3 Å². The second-order valence-corrected chi connectivity index (χ2v) is 6.83. The zero-order valence-electron chi connectivity index (χ0n) is 14.7. The number of aromatic nitrogens is 2. The molecule has 0 spiro atoms. The maximum atomic E-state index is 12.3. The van der Waals surface area contributed by atoms with Crippen LogP contribution in [0.2, 0.25) is 0 Å². The van der Waals surface area contributed by atoms with Crippen molar-refractivity contribution in [2.45, 2.75) is 30.6 Å². The number of nitrogens with zero attached hydrogens (tertiary/aromatic N) is 3. The number of morpholine rings is 1. The Morgan fingerprint density at radius 3 is 2.70 bits per heavy atom. The van der Waals surface area contributed by atoms with Gasteiger partial charge in [0.25, 0.3) is 5.91 Å². The normalized spacial score (nSPS) is 28.3. The van der Waals surface area contributed by atoms with Gasteiger partial charge in [0.1, 0.15) is 11.9 Å². The summed E-state index contributed by atoms with van der Waals surface area (Å²) in [5.74, 6) is 0.188. The van der Waals surface area contributed by atoms with Crippen molar-refractivity contribution in [3.05, 3.63) is 41.9 Å². The number of amides is 1. The van der Waals surface area contributed by atoms with Crippen molar-refractivity contribution in [2.75, 3.05) is 31.2 Å². The molecular formula is C18H22N4O5. The third kappa shape index (κ3) is 3.66. The van der Waals surface area contributed by atoms with Gasteiger partial charge in [0.15, 0.2) is 0 Å². The molecule has 2 aromatic rings. The lowest BCUT2D eigenvalue weighted by Gasteiger charge is -2.28. The van der Waals surface area contributed by atoms with E-state index >= 15 is 0 Å². The molecule has 0 unspecified atom stereocenters. The van der Waals surface area contributed by atoms with Crippen LogP contribution < -0.4 is 10.2 Å². The van der Waals surface area contributed by atoms with Crippen molar-refractivity contribution in [1.29, 1.82) is 0 Å². The molecule has 4 rings (SSSR count). The van der Waals surface area contributed by atoms with Crippen LogP contribution in [0.3, 0.4) is 0 Å². The molecule has 1 saturated carbocycles. The number of anilines is 1. The third-order valence-corrected chi connectivity index (χ3v) is 5.18. The Morgan fingerprint density at radius 1 is 1.22 bits per heavy atom. The number of ether oxygens (including phenoxy) is 1. The number of carbonyl (C=O) groups is 1. The Morgan fingerprint density at radius 2 is 2.04 bits per heavy atom. The smallest absolute Gasteiger partial charge is 0.290 e. The number of hydrogen-bond acceptors (Lipinski definition) is 8. The predicted octanol–water partition coefficient (Wildman–Crippen LogP) is -0.0861. The highest BCUT2D eigenvalue weighted by atomic mass is 16.5. The van der Waals surface area contributed by atoms with E-state index in [-0.39, 0.29) is 11.7 Å². The van der Waals surface area contributed by atoms with Crippen LogP contribution in [0.15, 0.2) is 35.1 Å². The maximum Gasteiger partial charge on any atom is 0.290 e. The zero-order valence-corrected chi connectivity index (χ0v) is 14.7. The van der Waals surface area contributed by atoms with Crippen molar-refractivity contribution in [2.24, 2.45) is 0 Å². The van der Waals surface area contributed by atoms with E-state index in [0.717, 1.165) is 24.5 Å². The topological polar surface area (TPSA) is 121 Å². The quantitative estimate of drug-likeness (QED) is 0.679. The molecular weight excluding hydrogens is 352 g/mol. The summed E-state index contributed by atoms with van der Waals surface area (Å²) in [5, 5.41) is 26.7. The van der Waals surface area contributed by atoms with Crippen LogP contribution in [0.1, 0.15) is 28.5 Å². The van der Waals surface area contributed by atoms with Gasteiger partial charge in [0.2, 0.25) is 5.76 Å². The summed E-state index contributed by atoms with van der Waals surface area (Å²) in [7, 11) is 0. The van der Waals surface area contributed by atoms with Crippen molar-refractivity contribution in [3.8, 4) is 0 Å². The van der Waals surface area contributed by atoms with E-state index in [1.807, 2.05) is 12.1 Å². The van der Waals surface area contributed by atoms with Gasteiger partial charge >= 0.3 is 0 Å². The molecule has 1 saturated heterocycles. The fourth-order valence-corrected chi connectivity index (χ4v) is 3.70. The molecule has 2 aromatic heterocycles. The number of rotatable bonds is 4. The van der Waals surface area contributed by atoms with Gasteiger partial charge in [-0.2, -0.15) is 0 Å². The first-order valence-corrected chi connectivity index (χ1v) is 9.00. The van der Waals surface area contributed by atoms with E-state index in [4.69, 9.17) is 9.26 Å². The summed E-state index contributed by atoms with van der Waals surface area (Å²) in [4.78, 5) is 19.0. The van der Waals surface area contributed by atoms with Crippen LogP contribution >= 0.6 is 0 Å². The molecule has 144 valence electrons. The number of pyridine rings is 1. The summed E-state index contributed by atoms with van der Waals surface area (Å²) < 4.78 is 10.2. The molecule has 0 aromatic carbocycles. The van der Waals surface area contributed by atoms with Crippen molar-refractivity contribution in [1.82, 2.24) is 15.5 Å². The average molecular weight is 374 g/mol. The Labute approximate surface area is 155 Å². The number of hydrogen-bond donors (Lipinski definition) is 3. The fourth-order valence-electron chi connectivity index (χ4n) is 3.70. The summed E-state index contributed by atoms with van der Waals surface area (Å²) in [6, 6.07) is 4.66. The fraction of sp³-hybridized carbons (Fsp3) is 0.500. The highest BCUT2D eigenvalue weighted by Gasteiger charge is 2.43. The Kier molecular flexibility index (Phi) is 5.06. The van der Waals surface area contributed by atoms with Crippen LogP contribution in [0.25, 0.3) is 0 Å². The van der Waals surface area contributed by atoms with Gasteiger partial charge in [0.05, 0.1) is 31.6 Å². The molecule has 2 aliphatic rings. The van der Waals surface area contributed by atoms with E-state index in [1.54, 1.807) is 6.20 Å². The summed E-state index contributed by atoms with van der Waals surface area (Å²) in [6.07, 6.45) is 1.46. The molecule has 3 heterocycles. The van der Waals surface area contributed by atoms with Crippen LogP contribution in [0.5, 0.6) is 0 Å². The lowest BCUT2D eigenvalue weighted by Crippen LogP contribution is -2.45. The van der Waals surface area contributed by atoms with E-state index in [9.17, 15) is 15.0 Å². The predicted molar refractivity (Wildman–Crippen MR) is 94.4 cm³/mol. The lowest BCUT2D eigenvalue weighted by molar-refractivity contribution is 0.0290. The molecule has 1 amide bonds. The molecule has 3 N–H and O–H groups in total. The van der Waals surface area contributed by atoms with Gasteiger partial charge in [-0.25, -0.2) is 4.98 Å². The summed E-state index contributed by atoms with van der Waals surface area (Å²) in [6.45, 7) is 2.95. The number of nitrogens with one attached hydrogen (secondary N) is 1. The van der Waals surface area contributed by atoms with Gasteiger partial charge in [-0.15, -0.1) is 0 Å². The van der Waals surface area contributed by atoms with Crippen molar-refractivity contribution in [3.63, 3.8) is 0 Å². The SMILES string of the molecule is O=C(N[C@H]1[C@H](O)[C@H](O)C[C@@H]1c1ccc(N2CCOCC2)nc1)c1ccno1. The van der Waals surface area contributed by atoms with E-state index in [1.165, 1.54) is 12.3 Å². The van der Waals surface area contributed by atoms with E-state index in [2.05, 4.69) is 20.4 Å². The molecule has 27 heavy (non-hydrogen) atoms. The molecule has 4 atom stereocenters. The van der Waals surface area contributed by atoms with E-state index < -0.39 is 24.2 Å². The molecule has 9 heteroatoms. The Balaban J connectivity index is 1.50. The summed E-state index contributed by atoms with van der Waals surface area (Å²) >= 11 is 0. The average Bonchev–Trinajstić information content (AvgIpc) is 3.34. The molecule has 1 aliphatic heterocycles. The summed E-state index contributed by atoms with van der Waals surface area (Å²) in [5.41, 5.74) is 0.852. The molecule has 1 aliphatic carbocycles. The molecule has 2 fully saturated rings. The standard InChI is InChI=1S/C18H22N4O5/c23-13-9-12(16(17(13)24)21-18(25)14-3-4-20-27-14)11-1-2-15(19-10-11)22-5-7-26-8-6-22/h1-4,10,12-13,16-17,23-24H,5-9H2,(H,21,25)/t12-,13-,16-,17-/m1/s1. The van der Waals surface area contributed by atoms with Crippen molar-refractivity contribution >= 4 is 11.7 Å². The minimum Gasteiger partial charge on any atom is -0.390 e. The largest absolute Gasteiger partial charge is 0.390 e. The van der Waals surface area contributed by atoms with Gasteiger partial charge in [-0.05, 0) is 18.1 Å². The van der Waals surface area contributed by atoms with Crippen LogP contribution in [-0.2, 0) is 4.74 Å². The van der Waals surface area contributed by atoms with Crippen LogP contribution in [0, 0.1) is 0 Å². The third-order valence-electron chi connectivity index (χ3n) is 5.18. The van der Waals surface area contributed by atoms with E-state index in [0.29, 0.717) is 19.6 Å². The Hall–Kier alpha value is -2.49. The van der Waals surface area contributed by atoms with Gasteiger partial charge in [-0.3, -0.25) is 4.79 Å². The van der Waals surface area contributed by atoms with Gasteiger partial charge in [0, 0.05) is 31.3 Å². The van der Waals surface area contributed by atoms with Crippen LogP contribution in [0.4, 0.5) is 5.82 Å². The highest BCUT2D eigenvalue weighted by Crippen LogP contribution is 2.35. The minimum atomic E-state index is -1.07. The Bertz CT molecular complexity index is 761. The maximum absolute atomic E-state index is 12.3. The first-order valence-electron chi connectivity index (χ1n) is 9.00. The van der Waals surface area contributed by atoms with Gasteiger partial charge < -0.3 is 29.7 Å². The first-order chi connectivity index (χ1) is 13.1. The number of carbonyl (C=O) groups excluding carboxylic acids is 1. The number of aliphatic hydroxyl groups is 2. The minimum absolute atomic E-state index is 0.0585. The molecule has 0 radical (unpaired) electrons. The highest BCUT2D eigenvalue weighted by molar-refractivity contribution is 5.91. The molecule has 0 bridgehead atoms. The second kappa shape index (κ2) is 7.63. The van der Waals surface area contributed by atoms with Gasteiger partial charge in [-0.1, -0.05) is 11.2 Å². The number of aliphatic hydroxyl groups excluding tert-OH is 2. The first kappa shape index (κ1) is 17.9. The lowest BCUT2D eigenvalue weighted by atomic mass is 9.94. The monoisotopic (exact) mass is 374 g/mol. The molecule has 9 nitrogen and oxygen atoms in total.